The molecule has 5 heteroatoms. The van der Waals surface area contributed by atoms with Gasteiger partial charge >= 0.3 is 74.0 Å². The number of rotatable bonds is 2. The predicted molar refractivity (Wildman–Crippen MR) is 42.6 cm³/mol. The summed E-state index contributed by atoms with van der Waals surface area (Å²) in [4.78, 5) is 0. The second-order valence-corrected chi connectivity index (χ2v) is 2.21. The molecule has 1 aromatic rings. The molecule has 0 aliphatic heterocycles. The van der Waals surface area contributed by atoms with Gasteiger partial charge in [-0.25, -0.2) is 0 Å². The fourth-order valence-corrected chi connectivity index (χ4v) is 0.802. The van der Waals surface area contributed by atoms with E-state index in [1.54, 1.807) is 12.1 Å². The molecule has 0 saturated heterocycles. The third-order valence-corrected chi connectivity index (χ3v) is 1.33. The van der Waals surface area contributed by atoms with E-state index in [-0.39, 0.29) is 0 Å². The molecule has 0 aliphatic rings. The van der Waals surface area contributed by atoms with Crippen molar-refractivity contribution < 1.29 is 14.7 Å². The van der Waals surface area contributed by atoms with Crippen LogP contribution in [0.3, 0.4) is 0 Å². The Morgan fingerprint density at radius 2 is 1.91 bits per heavy atom. The number of hydrogen-bond donors (Lipinski definition) is 2. The third-order valence-electron chi connectivity index (χ3n) is 1.33. The summed E-state index contributed by atoms with van der Waals surface area (Å²) in [5, 5.41) is 16.9. The van der Waals surface area contributed by atoms with Crippen molar-refractivity contribution in [3.8, 4) is 5.75 Å². The quantitative estimate of drug-likeness (QED) is 0.514. The molecule has 0 aromatic heterocycles. The van der Waals surface area contributed by atoms with E-state index in [9.17, 15) is 0 Å². The predicted octanol–water partition coefficient (Wildman–Crippen LogP) is -1.17. The fraction of sp³-hybridized carbons (Fsp3) is 0. The van der Waals surface area contributed by atoms with Crippen LogP contribution in [0, 0.1) is 0 Å². The molecule has 0 unspecified atom stereocenters. The van der Waals surface area contributed by atoms with E-state index >= 15 is 0 Å². The second-order valence-electron chi connectivity index (χ2n) is 2.21. The van der Waals surface area contributed by atoms with Gasteiger partial charge in [0, 0.05) is 0 Å². The maximum absolute atomic E-state index is 8.46. The van der Waals surface area contributed by atoms with Crippen LogP contribution in [0.15, 0.2) is 24.3 Å². The SMILES string of the molecule is [Li][c]1ccccc1OB(O)O. The van der Waals surface area contributed by atoms with Crippen LogP contribution in [-0.4, -0.2) is 35.1 Å². The summed E-state index contributed by atoms with van der Waals surface area (Å²) in [5.74, 6) is 0.488. The average Bonchev–Trinajstić information content (AvgIpc) is 1.93. The molecule has 0 amide bonds. The molecular formula is C6H6BLiO3. The first-order valence-corrected chi connectivity index (χ1v) is 3.28. The van der Waals surface area contributed by atoms with Crippen LogP contribution >= 0.6 is 0 Å². The van der Waals surface area contributed by atoms with E-state index in [1.165, 1.54) is 0 Å². The van der Waals surface area contributed by atoms with E-state index < -0.39 is 7.32 Å². The minimum atomic E-state index is -1.74. The second kappa shape index (κ2) is 3.84. The number of benzene rings is 1. The molecule has 0 saturated carbocycles. The molecule has 1 rings (SSSR count). The van der Waals surface area contributed by atoms with Crippen molar-refractivity contribution in [2.75, 3.05) is 0 Å². The van der Waals surface area contributed by atoms with E-state index in [0.717, 1.165) is 4.24 Å². The summed E-state index contributed by atoms with van der Waals surface area (Å²) >= 11 is 1.83. The molecule has 52 valence electrons. The molecule has 11 heavy (non-hydrogen) atoms. The van der Waals surface area contributed by atoms with Crippen molar-refractivity contribution in [3.63, 3.8) is 0 Å². The van der Waals surface area contributed by atoms with Crippen LogP contribution in [0.2, 0.25) is 0 Å². The molecule has 0 atom stereocenters. The van der Waals surface area contributed by atoms with Crippen molar-refractivity contribution in [3.05, 3.63) is 24.3 Å². The number of hydrogen-bond acceptors (Lipinski definition) is 3. The van der Waals surface area contributed by atoms with Crippen molar-refractivity contribution in [1.82, 2.24) is 0 Å². The standard InChI is InChI=1S/C6H6BO3.Li/c8-7(9)10-6-4-2-1-3-5-6;/h1-4,8-9H;. The zero-order chi connectivity index (χ0) is 8.27. The van der Waals surface area contributed by atoms with Gasteiger partial charge in [0.25, 0.3) is 0 Å². The zero-order valence-electron chi connectivity index (χ0n) is 6.19. The van der Waals surface area contributed by atoms with E-state index in [0.29, 0.717) is 5.75 Å². The van der Waals surface area contributed by atoms with E-state index in [2.05, 4.69) is 4.65 Å². The average molecular weight is 144 g/mol. The van der Waals surface area contributed by atoms with E-state index in [4.69, 9.17) is 10.0 Å². The van der Waals surface area contributed by atoms with Crippen LogP contribution < -0.4 is 8.89 Å². The zero-order valence-corrected chi connectivity index (χ0v) is 6.19. The van der Waals surface area contributed by atoms with Gasteiger partial charge in [-0.1, -0.05) is 0 Å². The molecule has 3 nitrogen and oxygen atoms in total. The van der Waals surface area contributed by atoms with Crippen LogP contribution in [-0.2, 0) is 0 Å². The Hall–Kier alpha value is -0.398. The van der Waals surface area contributed by atoms with Crippen molar-refractivity contribution in [2.24, 2.45) is 0 Å². The van der Waals surface area contributed by atoms with Gasteiger partial charge in [0.1, 0.15) is 0 Å². The monoisotopic (exact) mass is 144 g/mol. The van der Waals surface area contributed by atoms with Gasteiger partial charge in [0.05, 0.1) is 0 Å². The Bertz CT molecular complexity index is 241. The summed E-state index contributed by atoms with van der Waals surface area (Å²) in [6, 6.07) is 7.13. The fourth-order valence-electron chi connectivity index (χ4n) is 0.802. The Morgan fingerprint density at radius 1 is 1.27 bits per heavy atom. The van der Waals surface area contributed by atoms with Crippen LogP contribution in [0.1, 0.15) is 0 Å². The molecular weight excluding hydrogens is 138 g/mol. The van der Waals surface area contributed by atoms with Gasteiger partial charge in [-0.3, -0.25) is 0 Å². The summed E-state index contributed by atoms with van der Waals surface area (Å²) in [7, 11) is -1.74. The maximum atomic E-state index is 8.46. The molecule has 0 fully saturated rings. The Morgan fingerprint density at radius 3 is 2.45 bits per heavy atom. The van der Waals surface area contributed by atoms with Gasteiger partial charge < -0.3 is 0 Å². The molecule has 0 spiro atoms. The van der Waals surface area contributed by atoms with Gasteiger partial charge in [-0.15, -0.1) is 0 Å². The summed E-state index contributed by atoms with van der Waals surface area (Å²) in [6.07, 6.45) is 0. The minimum absolute atomic E-state index is 0.488. The first-order chi connectivity index (χ1) is 5.20. The van der Waals surface area contributed by atoms with Crippen LogP contribution in [0.4, 0.5) is 0 Å². The Balaban J connectivity index is 2.78. The van der Waals surface area contributed by atoms with Crippen molar-refractivity contribution >= 4 is 29.3 Å². The Kier molecular flexibility index (Phi) is 3.04. The third kappa shape index (κ3) is 2.60. The van der Waals surface area contributed by atoms with Crippen LogP contribution in [0.25, 0.3) is 0 Å². The Labute approximate surface area is 74.4 Å². The molecule has 1 aromatic carbocycles. The van der Waals surface area contributed by atoms with Crippen molar-refractivity contribution in [2.45, 2.75) is 0 Å². The first-order valence-electron chi connectivity index (χ1n) is 3.28. The summed E-state index contributed by atoms with van der Waals surface area (Å²) < 4.78 is 5.53. The molecule has 0 aliphatic carbocycles. The molecule has 2 N–H and O–H groups in total. The van der Waals surface area contributed by atoms with Gasteiger partial charge in [0.15, 0.2) is 0 Å². The molecule has 0 heterocycles. The van der Waals surface area contributed by atoms with E-state index in [1.807, 2.05) is 29.8 Å². The van der Waals surface area contributed by atoms with Crippen molar-refractivity contribution in [1.29, 1.82) is 0 Å². The summed E-state index contributed by atoms with van der Waals surface area (Å²) in [5.41, 5.74) is 0. The normalized spacial score (nSPS) is 9.45. The first kappa shape index (κ1) is 8.70. The van der Waals surface area contributed by atoms with Crippen LogP contribution in [0.5, 0.6) is 5.75 Å². The number of para-hydroxylation sites is 1. The molecule has 0 bridgehead atoms. The summed E-state index contributed by atoms with van der Waals surface area (Å²) in [6.45, 7) is 0. The van der Waals surface area contributed by atoms with Gasteiger partial charge in [0.2, 0.25) is 0 Å². The van der Waals surface area contributed by atoms with Gasteiger partial charge in [-0.05, 0) is 0 Å². The molecule has 0 radical (unpaired) electrons. The van der Waals surface area contributed by atoms with Gasteiger partial charge in [-0.2, -0.15) is 0 Å². The topological polar surface area (TPSA) is 49.7 Å².